The van der Waals surface area contributed by atoms with Crippen LogP contribution in [0.5, 0.6) is 0 Å². The second-order valence-corrected chi connectivity index (χ2v) is 8.57. The van der Waals surface area contributed by atoms with Crippen molar-refractivity contribution in [3.05, 3.63) is 69.4 Å². The van der Waals surface area contributed by atoms with Gasteiger partial charge in [0.25, 0.3) is 0 Å². The van der Waals surface area contributed by atoms with Gasteiger partial charge in [-0.3, -0.25) is 9.69 Å². The Hall–Kier alpha value is -2.64. The fourth-order valence-electron chi connectivity index (χ4n) is 3.45. The van der Waals surface area contributed by atoms with E-state index in [2.05, 4.69) is 11.9 Å². The summed E-state index contributed by atoms with van der Waals surface area (Å²) in [6, 6.07) is 8.41. The molecule has 3 rings (SSSR count). The van der Waals surface area contributed by atoms with E-state index in [1.165, 1.54) is 23.2 Å². The monoisotopic (exact) mass is 459 g/mol. The van der Waals surface area contributed by atoms with E-state index in [1.54, 1.807) is 17.6 Å². The number of carboxylic acids is 1. The molecule has 0 spiro atoms. The number of hydrogen-bond donors (Lipinski definition) is 1. The van der Waals surface area contributed by atoms with E-state index in [9.17, 15) is 14.7 Å². The molecular weight excluding hydrogens is 434 g/mol. The third-order valence-electron chi connectivity index (χ3n) is 5.19. The summed E-state index contributed by atoms with van der Waals surface area (Å²) in [5, 5.41) is 13.8. The minimum absolute atomic E-state index is 0.0526. The number of benzene rings is 1. The minimum Gasteiger partial charge on any atom is -0.480 e. The highest BCUT2D eigenvalue weighted by molar-refractivity contribution is 7.08. The molecule has 0 aliphatic rings. The normalized spacial score (nSPS) is 12.0. The van der Waals surface area contributed by atoms with Crippen LogP contribution in [0.15, 0.2) is 47.3 Å². The van der Waals surface area contributed by atoms with Crippen molar-refractivity contribution in [2.75, 3.05) is 4.90 Å². The summed E-state index contributed by atoms with van der Waals surface area (Å²) in [5.41, 5.74) is 2.28. The van der Waals surface area contributed by atoms with Crippen LogP contribution in [-0.4, -0.2) is 32.6 Å². The number of carboxylic acid groups (broad SMARTS) is 1. The SMILES string of the molecule is CCCCc1ncc(CC(=O)N(c2ccsc2)[C@@H](C)C(=O)O)n1Cc1ccccc1Cl. The van der Waals surface area contributed by atoms with Crippen LogP contribution in [0.25, 0.3) is 0 Å². The molecule has 0 aliphatic carbocycles. The fraction of sp³-hybridized carbons (Fsp3) is 0.348. The van der Waals surface area contributed by atoms with Crippen molar-refractivity contribution in [3.8, 4) is 0 Å². The Balaban J connectivity index is 1.92. The molecule has 0 aliphatic heterocycles. The lowest BCUT2D eigenvalue weighted by molar-refractivity contribution is -0.139. The predicted octanol–water partition coefficient (Wildman–Crippen LogP) is 5.04. The van der Waals surface area contributed by atoms with E-state index in [1.807, 2.05) is 34.2 Å². The number of hydrogen-bond acceptors (Lipinski definition) is 4. The Morgan fingerprint density at radius 1 is 1.29 bits per heavy atom. The third kappa shape index (κ3) is 5.54. The van der Waals surface area contributed by atoms with Crippen LogP contribution in [-0.2, 0) is 29.0 Å². The Labute approximate surface area is 191 Å². The summed E-state index contributed by atoms with van der Waals surface area (Å²) in [5.74, 6) is -0.429. The van der Waals surface area contributed by atoms with Gasteiger partial charge in [0.05, 0.1) is 18.7 Å². The first-order valence-corrected chi connectivity index (χ1v) is 11.6. The lowest BCUT2D eigenvalue weighted by atomic mass is 10.1. The number of aryl methyl sites for hydroxylation is 1. The van der Waals surface area contributed by atoms with Crippen LogP contribution in [0.3, 0.4) is 0 Å². The summed E-state index contributed by atoms with van der Waals surface area (Å²) in [7, 11) is 0. The summed E-state index contributed by atoms with van der Waals surface area (Å²) < 4.78 is 2.03. The molecule has 0 fully saturated rings. The van der Waals surface area contributed by atoms with E-state index in [0.717, 1.165) is 36.3 Å². The van der Waals surface area contributed by atoms with Gasteiger partial charge >= 0.3 is 5.97 Å². The standard InChI is InChI=1S/C23H26ClN3O3S/c1-3-4-9-21-25-13-19(26(21)14-17-7-5-6-8-20(17)24)12-22(28)27(16(2)23(29)30)18-10-11-31-15-18/h5-8,10-11,13,15-16H,3-4,9,12,14H2,1-2H3,(H,29,30)/t16-/m0/s1. The van der Waals surface area contributed by atoms with Gasteiger partial charge in [0.1, 0.15) is 11.9 Å². The first kappa shape index (κ1) is 23.0. The number of carbonyl (C=O) groups excluding carboxylic acids is 1. The molecule has 6 nitrogen and oxygen atoms in total. The number of rotatable bonds is 10. The molecule has 31 heavy (non-hydrogen) atoms. The Morgan fingerprint density at radius 2 is 2.06 bits per heavy atom. The molecule has 0 radical (unpaired) electrons. The van der Waals surface area contributed by atoms with E-state index in [4.69, 9.17) is 11.6 Å². The zero-order valence-corrected chi connectivity index (χ0v) is 19.2. The van der Waals surface area contributed by atoms with E-state index < -0.39 is 12.0 Å². The van der Waals surface area contributed by atoms with Crippen LogP contribution >= 0.6 is 22.9 Å². The van der Waals surface area contributed by atoms with Crippen molar-refractivity contribution in [3.63, 3.8) is 0 Å². The largest absolute Gasteiger partial charge is 0.480 e. The van der Waals surface area contributed by atoms with Crippen molar-refractivity contribution in [2.45, 2.75) is 52.1 Å². The molecule has 0 unspecified atom stereocenters. The highest BCUT2D eigenvalue weighted by atomic mass is 35.5. The van der Waals surface area contributed by atoms with Gasteiger partial charge in [-0.05, 0) is 36.4 Å². The molecule has 164 valence electrons. The van der Waals surface area contributed by atoms with Gasteiger partial charge in [-0.15, -0.1) is 0 Å². The minimum atomic E-state index is -1.05. The summed E-state index contributed by atoms with van der Waals surface area (Å²) >= 11 is 7.80. The lowest BCUT2D eigenvalue weighted by Crippen LogP contribution is -2.44. The molecule has 0 bridgehead atoms. The highest BCUT2D eigenvalue weighted by Gasteiger charge is 2.28. The maximum atomic E-state index is 13.3. The molecule has 0 saturated carbocycles. The van der Waals surface area contributed by atoms with Crippen molar-refractivity contribution in [1.82, 2.24) is 9.55 Å². The van der Waals surface area contributed by atoms with Gasteiger partial charge in [-0.1, -0.05) is 43.1 Å². The quantitative estimate of drug-likeness (QED) is 0.461. The molecule has 1 amide bonds. The zero-order chi connectivity index (χ0) is 22.4. The molecule has 2 heterocycles. The summed E-state index contributed by atoms with van der Waals surface area (Å²) in [6.45, 7) is 4.15. The zero-order valence-electron chi connectivity index (χ0n) is 17.6. The van der Waals surface area contributed by atoms with E-state index >= 15 is 0 Å². The van der Waals surface area contributed by atoms with Gasteiger partial charge in [-0.25, -0.2) is 9.78 Å². The topological polar surface area (TPSA) is 75.4 Å². The van der Waals surface area contributed by atoms with Gasteiger partial charge in [0.2, 0.25) is 5.91 Å². The number of aromatic nitrogens is 2. The van der Waals surface area contributed by atoms with Gasteiger partial charge in [0, 0.05) is 28.7 Å². The van der Waals surface area contributed by atoms with E-state index in [-0.39, 0.29) is 12.3 Å². The second-order valence-electron chi connectivity index (χ2n) is 7.38. The van der Waals surface area contributed by atoms with Crippen LogP contribution < -0.4 is 4.90 Å². The van der Waals surface area contributed by atoms with Crippen LogP contribution in [0, 0.1) is 0 Å². The fourth-order valence-corrected chi connectivity index (χ4v) is 4.27. The van der Waals surface area contributed by atoms with Crippen LogP contribution in [0.1, 0.15) is 43.8 Å². The van der Waals surface area contributed by atoms with Crippen molar-refractivity contribution < 1.29 is 14.7 Å². The van der Waals surface area contributed by atoms with Gasteiger partial charge < -0.3 is 9.67 Å². The Bertz CT molecular complexity index is 1030. The smallest absolute Gasteiger partial charge is 0.326 e. The van der Waals surface area contributed by atoms with Crippen molar-refractivity contribution in [1.29, 1.82) is 0 Å². The Kier molecular flexibility index (Phi) is 7.87. The number of carbonyl (C=O) groups is 2. The first-order valence-electron chi connectivity index (χ1n) is 10.3. The van der Waals surface area contributed by atoms with Crippen LogP contribution in [0.2, 0.25) is 5.02 Å². The van der Waals surface area contributed by atoms with Gasteiger partial charge in [-0.2, -0.15) is 11.3 Å². The molecule has 1 N–H and O–H groups in total. The summed E-state index contributed by atoms with van der Waals surface area (Å²) in [6.07, 6.45) is 4.60. The average Bonchev–Trinajstić information content (AvgIpc) is 3.39. The molecule has 1 atom stereocenters. The molecule has 2 aromatic heterocycles. The number of anilines is 1. The highest BCUT2D eigenvalue weighted by Crippen LogP contribution is 2.24. The first-order chi connectivity index (χ1) is 14.9. The maximum Gasteiger partial charge on any atom is 0.326 e. The molecule has 1 aromatic carbocycles. The number of unbranched alkanes of at least 4 members (excludes halogenated alkanes) is 1. The number of nitrogens with zero attached hydrogens (tertiary/aromatic N) is 3. The summed E-state index contributed by atoms with van der Waals surface area (Å²) in [4.78, 5) is 30.8. The number of imidazole rings is 1. The Morgan fingerprint density at radius 3 is 2.71 bits per heavy atom. The molecule has 3 aromatic rings. The number of halogens is 1. The van der Waals surface area contributed by atoms with Crippen molar-refractivity contribution in [2.24, 2.45) is 0 Å². The second kappa shape index (κ2) is 10.6. The number of aliphatic carboxylic acids is 1. The molecular formula is C23H26ClN3O3S. The van der Waals surface area contributed by atoms with Crippen molar-refractivity contribution >= 4 is 40.5 Å². The van der Waals surface area contributed by atoms with E-state index in [0.29, 0.717) is 17.3 Å². The predicted molar refractivity (Wildman–Crippen MR) is 124 cm³/mol. The number of amides is 1. The van der Waals surface area contributed by atoms with Gasteiger partial charge in [0.15, 0.2) is 0 Å². The molecule has 0 saturated heterocycles. The molecule has 8 heteroatoms. The number of thiophene rings is 1. The maximum absolute atomic E-state index is 13.3. The lowest BCUT2D eigenvalue weighted by Gasteiger charge is -2.26. The van der Waals surface area contributed by atoms with Crippen LogP contribution in [0.4, 0.5) is 5.69 Å². The average molecular weight is 460 g/mol. The third-order valence-corrected chi connectivity index (χ3v) is 6.23.